The van der Waals surface area contributed by atoms with Crippen molar-refractivity contribution in [2.45, 2.75) is 51.0 Å². The lowest BCUT2D eigenvalue weighted by atomic mass is 10.1. The Morgan fingerprint density at radius 2 is 1.59 bits per heavy atom. The molecule has 0 radical (unpaired) electrons. The molecular formula is C14H28N2O. The van der Waals surface area contributed by atoms with Gasteiger partial charge in [-0.1, -0.05) is 25.7 Å². The minimum Gasteiger partial charge on any atom is -0.395 e. The van der Waals surface area contributed by atoms with Crippen LogP contribution in [0.2, 0.25) is 0 Å². The number of aliphatic hydroxyl groups excluding tert-OH is 1. The van der Waals surface area contributed by atoms with Crippen LogP contribution in [-0.2, 0) is 0 Å². The van der Waals surface area contributed by atoms with Crippen LogP contribution in [0.3, 0.4) is 0 Å². The molecule has 17 heavy (non-hydrogen) atoms. The molecule has 0 aromatic heterocycles. The van der Waals surface area contributed by atoms with Crippen LogP contribution in [0.4, 0.5) is 0 Å². The summed E-state index contributed by atoms with van der Waals surface area (Å²) in [4.78, 5) is 5.14. The first-order chi connectivity index (χ1) is 8.40. The summed E-state index contributed by atoms with van der Waals surface area (Å²) >= 11 is 0. The van der Waals surface area contributed by atoms with E-state index < -0.39 is 0 Å². The molecule has 1 saturated carbocycles. The monoisotopic (exact) mass is 240 g/mol. The quantitative estimate of drug-likeness (QED) is 0.761. The minimum atomic E-state index is 0.309. The van der Waals surface area contributed by atoms with Gasteiger partial charge in [0.1, 0.15) is 0 Å². The number of rotatable bonds is 3. The highest BCUT2D eigenvalue weighted by Crippen LogP contribution is 2.22. The Balaban J connectivity index is 1.80. The van der Waals surface area contributed by atoms with Crippen molar-refractivity contribution in [1.29, 1.82) is 0 Å². The molecule has 0 spiro atoms. The number of β-amino-alcohol motifs (C(OH)–C–C–N with tert-alkyl or cyclic N) is 1. The van der Waals surface area contributed by atoms with Gasteiger partial charge in [0.25, 0.3) is 0 Å². The summed E-state index contributed by atoms with van der Waals surface area (Å²) in [5.41, 5.74) is 0. The first-order valence-corrected chi connectivity index (χ1v) is 7.47. The zero-order chi connectivity index (χ0) is 11.9. The van der Waals surface area contributed by atoms with Crippen molar-refractivity contribution in [3.05, 3.63) is 0 Å². The van der Waals surface area contributed by atoms with Gasteiger partial charge in [0.15, 0.2) is 0 Å². The van der Waals surface area contributed by atoms with Crippen LogP contribution in [0.25, 0.3) is 0 Å². The van der Waals surface area contributed by atoms with Crippen molar-refractivity contribution in [2.75, 3.05) is 39.3 Å². The molecule has 2 fully saturated rings. The lowest BCUT2D eigenvalue weighted by Crippen LogP contribution is -2.38. The van der Waals surface area contributed by atoms with Crippen molar-refractivity contribution >= 4 is 0 Å². The number of hydrogen-bond donors (Lipinski definition) is 1. The highest BCUT2D eigenvalue weighted by Gasteiger charge is 2.22. The van der Waals surface area contributed by atoms with Gasteiger partial charge in [0.2, 0.25) is 0 Å². The molecule has 2 rings (SSSR count). The molecule has 1 saturated heterocycles. The second kappa shape index (κ2) is 7.34. The summed E-state index contributed by atoms with van der Waals surface area (Å²) < 4.78 is 0. The van der Waals surface area contributed by atoms with Crippen LogP contribution >= 0.6 is 0 Å². The molecule has 1 N–H and O–H groups in total. The molecule has 0 aromatic rings. The molecule has 1 aliphatic heterocycles. The smallest absolute Gasteiger partial charge is 0.0558 e. The molecule has 0 atom stereocenters. The van der Waals surface area contributed by atoms with Crippen LogP contribution in [0, 0.1) is 0 Å². The molecule has 0 amide bonds. The molecule has 0 aromatic carbocycles. The highest BCUT2D eigenvalue weighted by atomic mass is 16.3. The fourth-order valence-electron chi connectivity index (χ4n) is 3.34. The molecule has 100 valence electrons. The summed E-state index contributed by atoms with van der Waals surface area (Å²) in [6, 6.07) is 0.853. The average Bonchev–Trinajstić information content (AvgIpc) is 2.71. The van der Waals surface area contributed by atoms with Crippen molar-refractivity contribution in [3.63, 3.8) is 0 Å². The van der Waals surface area contributed by atoms with E-state index in [2.05, 4.69) is 9.80 Å². The van der Waals surface area contributed by atoms with Gasteiger partial charge in [-0.25, -0.2) is 0 Å². The Morgan fingerprint density at radius 3 is 2.29 bits per heavy atom. The first kappa shape index (κ1) is 13.3. The summed E-state index contributed by atoms with van der Waals surface area (Å²) in [5.74, 6) is 0. The van der Waals surface area contributed by atoms with Gasteiger partial charge in [-0.2, -0.15) is 0 Å². The van der Waals surface area contributed by atoms with Crippen LogP contribution in [0.5, 0.6) is 0 Å². The second-order valence-electron chi connectivity index (χ2n) is 5.60. The molecule has 0 bridgehead atoms. The van der Waals surface area contributed by atoms with E-state index in [1.807, 2.05) is 0 Å². The van der Waals surface area contributed by atoms with Crippen LogP contribution in [-0.4, -0.2) is 60.3 Å². The summed E-state index contributed by atoms with van der Waals surface area (Å²) in [6.45, 7) is 5.97. The van der Waals surface area contributed by atoms with Crippen molar-refractivity contribution in [3.8, 4) is 0 Å². The standard InChI is InChI=1S/C14H28N2O/c17-13-12-15-8-5-9-16(11-10-15)14-6-3-1-2-4-7-14/h14,17H,1-13H2. The summed E-state index contributed by atoms with van der Waals surface area (Å²) in [5, 5.41) is 9.01. The lowest BCUT2D eigenvalue weighted by molar-refractivity contribution is 0.171. The van der Waals surface area contributed by atoms with E-state index in [0.717, 1.165) is 19.1 Å². The van der Waals surface area contributed by atoms with Crippen molar-refractivity contribution in [1.82, 2.24) is 9.80 Å². The van der Waals surface area contributed by atoms with E-state index in [1.54, 1.807) is 0 Å². The number of nitrogens with zero attached hydrogens (tertiary/aromatic N) is 2. The van der Waals surface area contributed by atoms with Crippen molar-refractivity contribution in [2.24, 2.45) is 0 Å². The highest BCUT2D eigenvalue weighted by molar-refractivity contribution is 4.78. The molecular weight excluding hydrogens is 212 g/mol. The number of aliphatic hydroxyl groups is 1. The molecule has 1 heterocycles. The maximum Gasteiger partial charge on any atom is 0.0558 e. The van der Waals surface area contributed by atoms with Gasteiger partial charge in [0, 0.05) is 25.7 Å². The zero-order valence-corrected chi connectivity index (χ0v) is 11.1. The first-order valence-electron chi connectivity index (χ1n) is 7.47. The summed E-state index contributed by atoms with van der Waals surface area (Å²) in [7, 11) is 0. The lowest BCUT2D eigenvalue weighted by Gasteiger charge is -2.29. The maximum absolute atomic E-state index is 9.01. The van der Waals surface area contributed by atoms with E-state index in [9.17, 15) is 0 Å². The molecule has 0 unspecified atom stereocenters. The van der Waals surface area contributed by atoms with Crippen LogP contribution in [0.1, 0.15) is 44.9 Å². The third-order valence-electron chi connectivity index (χ3n) is 4.38. The van der Waals surface area contributed by atoms with Crippen LogP contribution < -0.4 is 0 Å². The van der Waals surface area contributed by atoms with E-state index in [-0.39, 0.29) is 0 Å². The maximum atomic E-state index is 9.01. The third kappa shape index (κ3) is 4.23. The molecule has 3 heteroatoms. The SMILES string of the molecule is OCCN1CCCN(C2CCCCCC2)CC1. The van der Waals surface area contributed by atoms with Gasteiger partial charge in [-0.15, -0.1) is 0 Å². The Morgan fingerprint density at radius 1 is 0.824 bits per heavy atom. The molecule has 1 aliphatic carbocycles. The molecule has 2 aliphatic rings. The molecule has 3 nitrogen and oxygen atoms in total. The fraction of sp³-hybridized carbons (Fsp3) is 1.00. The van der Waals surface area contributed by atoms with Crippen molar-refractivity contribution < 1.29 is 5.11 Å². The van der Waals surface area contributed by atoms with Gasteiger partial charge in [-0.3, -0.25) is 9.80 Å². The Kier molecular flexibility index (Phi) is 5.75. The van der Waals surface area contributed by atoms with E-state index in [4.69, 9.17) is 5.11 Å². The Labute approximate surface area is 106 Å². The average molecular weight is 240 g/mol. The van der Waals surface area contributed by atoms with Gasteiger partial charge in [-0.05, 0) is 32.4 Å². The zero-order valence-electron chi connectivity index (χ0n) is 11.1. The Hall–Kier alpha value is -0.120. The van der Waals surface area contributed by atoms with E-state index in [0.29, 0.717) is 6.61 Å². The Bertz CT molecular complexity index is 202. The predicted molar refractivity (Wildman–Crippen MR) is 71.2 cm³/mol. The predicted octanol–water partition coefficient (Wildman–Crippen LogP) is 1.71. The van der Waals surface area contributed by atoms with Crippen LogP contribution in [0.15, 0.2) is 0 Å². The van der Waals surface area contributed by atoms with Gasteiger partial charge >= 0.3 is 0 Å². The van der Waals surface area contributed by atoms with E-state index >= 15 is 0 Å². The second-order valence-corrected chi connectivity index (χ2v) is 5.60. The fourth-order valence-corrected chi connectivity index (χ4v) is 3.34. The van der Waals surface area contributed by atoms with Gasteiger partial charge in [0.05, 0.1) is 6.61 Å². The van der Waals surface area contributed by atoms with E-state index in [1.165, 1.54) is 64.6 Å². The van der Waals surface area contributed by atoms with Gasteiger partial charge < -0.3 is 5.11 Å². The number of hydrogen-bond acceptors (Lipinski definition) is 3. The topological polar surface area (TPSA) is 26.7 Å². The summed E-state index contributed by atoms with van der Waals surface area (Å²) in [6.07, 6.45) is 9.86. The normalized spacial score (nSPS) is 26.6. The third-order valence-corrected chi connectivity index (χ3v) is 4.38. The largest absolute Gasteiger partial charge is 0.395 e. The minimum absolute atomic E-state index is 0.309.